The van der Waals surface area contributed by atoms with Gasteiger partial charge in [0.25, 0.3) is 0 Å². The molecule has 1 unspecified atom stereocenters. The standard InChI is InChI=1S/C13H16O3S/c1-8-4-6-10(16-8)9-5-7-11(14)13(9,2)12(15)17-3/h4,6,9H,5,7H2,1-3H3/t9?,13-/m1/s1. The minimum Gasteiger partial charge on any atom is -0.466 e. The van der Waals surface area contributed by atoms with Gasteiger partial charge in [-0.2, -0.15) is 0 Å². The lowest BCUT2D eigenvalue weighted by atomic mass is 9.79. The number of aryl methyl sites for hydroxylation is 1. The molecular formula is C13H16O3S. The highest BCUT2D eigenvalue weighted by Gasteiger charge is 2.52. The first-order valence-electron chi connectivity index (χ1n) is 5.68. The molecule has 1 aliphatic rings. The number of rotatable bonds is 2. The zero-order chi connectivity index (χ0) is 12.6. The van der Waals surface area contributed by atoms with Crippen LogP contribution >= 0.6 is 11.8 Å². The van der Waals surface area contributed by atoms with E-state index in [2.05, 4.69) is 0 Å². The summed E-state index contributed by atoms with van der Waals surface area (Å²) in [6.45, 7) is 3.62. The van der Waals surface area contributed by atoms with Crippen LogP contribution in [0.2, 0.25) is 0 Å². The van der Waals surface area contributed by atoms with Crippen molar-refractivity contribution in [1.82, 2.24) is 0 Å². The molecule has 1 aliphatic carbocycles. The van der Waals surface area contributed by atoms with Gasteiger partial charge in [0, 0.05) is 12.3 Å². The van der Waals surface area contributed by atoms with E-state index in [4.69, 9.17) is 4.42 Å². The van der Waals surface area contributed by atoms with Crippen LogP contribution in [-0.4, -0.2) is 17.2 Å². The van der Waals surface area contributed by atoms with Gasteiger partial charge in [-0.1, -0.05) is 11.8 Å². The molecule has 2 rings (SSSR count). The normalized spacial score (nSPS) is 28.6. The van der Waals surface area contributed by atoms with Gasteiger partial charge in [-0.05, 0) is 38.7 Å². The molecular weight excluding hydrogens is 236 g/mol. The van der Waals surface area contributed by atoms with Gasteiger partial charge in [-0.3, -0.25) is 9.59 Å². The second-order valence-electron chi connectivity index (χ2n) is 4.66. The quantitative estimate of drug-likeness (QED) is 0.759. The summed E-state index contributed by atoms with van der Waals surface area (Å²) in [6, 6.07) is 3.76. The summed E-state index contributed by atoms with van der Waals surface area (Å²) >= 11 is 1.13. The van der Waals surface area contributed by atoms with Crippen molar-refractivity contribution in [3.63, 3.8) is 0 Å². The van der Waals surface area contributed by atoms with E-state index in [-0.39, 0.29) is 16.8 Å². The summed E-state index contributed by atoms with van der Waals surface area (Å²) in [6.07, 6.45) is 2.89. The highest BCUT2D eigenvalue weighted by Crippen LogP contribution is 2.49. The maximum absolute atomic E-state index is 12.0. The molecule has 4 heteroatoms. The summed E-state index contributed by atoms with van der Waals surface area (Å²) in [7, 11) is 0. The lowest BCUT2D eigenvalue weighted by molar-refractivity contribution is -0.133. The Morgan fingerprint density at radius 1 is 1.53 bits per heavy atom. The molecule has 1 fully saturated rings. The van der Waals surface area contributed by atoms with E-state index in [1.807, 2.05) is 19.1 Å². The van der Waals surface area contributed by atoms with Crippen molar-refractivity contribution in [2.24, 2.45) is 5.41 Å². The highest BCUT2D eigenvalue weighted by molar-refractivity contribution is 8.13. The Hall–Kier alpha value is -1.03. The van der Waals surface area contributed by atoms with E-state index >= 15 is 0 Å². The third-order valence-electron chi connectivity index (χ3n) is 3.65. The van der Waals surface area contributed by atoms with Crippen LogP contribution in [0.3, 0.4) is 0 Å². The Kier molecular flexibility index (Phi) is 3.17. The second kappa shape index (κ2) is 4.33. The molecule has 0 saturated heterocycles. The van der Waals surface area contributed by atoms with Gasteiger partial charge in [0.15, 0.2) is 0 Å². The van der Waals surface area contributed by atoms with E-state index in [0.717, 1.165) is 23.3 Å². The van der Waals surface area contributed by atoms with E-state index in [1.54, 1.807) is 13.2 Å². The van der Waals surface area contributed by atoms with Crippen molar-refractivity contribution >= 4 is 22.7 Å². The van der Waals surface area contributed by atoms with Crippen molar-refractivity contribution in [3.05, 3.63) is 23.7 Å². The average molecular weight is 252 g/mol. The van der Waals surface area contributed by atoms with Crippen molar-refractivity contribution in [1.29, 1.82) is 0 Å². The van der Waals surface area contributed by atoms with Crippen LogP contribution in [-0.2, 0) is 9.59 Å². The fourth-order valence-electron chi connectivity index (χ4n) is 2.55. The van der Waals surface area contributed by atoms with Crippen LogP contribution in [0.4, 0.5) is 0 Å². The summed E-state index contributed by atoms with van der Waals surface area (Å²) < 4.78 is 5.59. The molecule has 92 valence electrons. The minimum atomic E-state index is -0.913. The van der Waals surface area contributed by atoms with Crippen molar-refractivity contribution in [3.8, 4) is 0 Å². The van der Waals surface area contributed by atoms with Gasteiger partial charge in [-0.15, -0.1) is 0 Å². The number of furan rings is 1. The molecule has 1 saturated carbocycles. The van der Waals surface area contributed by atoms with Crippen molar-refractivity contribution in [2.75, 3.05) is 6.26 Å². The molecule has 1 aromatic heterocycles. The third-order valence-corrected chi connectivity index (χ3v) is 4.45. The zero-order valence-electron chi connectivity index (χ0n) is 10.3. The molecule has 0 bridgehead atoms. The number of Topliss-reactive ketones (excluding diaryl/α,β-unsaturated/α-hetero) is 1. The molecule has 3 nitrogen and oxygen atoms in total. The Bertz CT molecular complexity index is 463. The largest absolute Gasteiger partial charge is 0.466 e. The molecule has 0 amide bonds. The maximum Gasteiger partial charge on any atom is 0.202 e. The highest BCUT2D eigenvalue weighted by atomic mass is 32.2. The number of ketones is 1. The lowest BCUT2D eigenvalue weighted by Crippen LogP contribution is -2.34. The van der Waals surface area contributed by atoms with E-state index < -0.39 is 5.41 Å². The minimum absolute atomic E-state index is 0.0379. The van der Waals surface area contributed by atoms with Gasteiger partial charge in [0.1, 0.15) is 22.7 Å². The molecule has 17 heavy (non-hydrogen) atoms. The number of hydrogen-bond acceptors (Lipinski definition) is 4. The van der Waals surface area contributed by atoms with E-state index in [0.29, 0.717) is 12.8 Å². The predicted molar refractivity (Wildman–Crippen MR) is 67.1 cm³/mol. The van der Waals surface area contributed by atoms with Crippen LogP contribution in [0.25, 0.3) is 0 Å². The van der Waals surface area contributed by atoms with Crippen LogP contribution in [0.15, 0.2) is 16.5 Å². The first-order chi connectivity index (χ1) is 8.00. The van der Waals surface area contributed by atoms with Gasteiger partial charge < -0.3 is 4.42 Å². The second-order valence-corrected chi connectivity index (χ2v) is 5.44. The monoisotopic (exact) mass is 252 g/mol. The molecule has 0 N–H and O–H groups in total. The lowest BCUT2D eigenvalue weighted by Gasteiger charge is -2.26. The van der Waals surface area contributed by atoms with E-state index in [1.165, 1.54) is 0 Å². The van der Waals surface area contributed by atoms with Crippen LogP contribution < -0.4 is 0 Å². The van der Waals surface area contributed by atoms with Crippen molar-refractivity contribution in [2.45, 2.75) is 32.6 Å². The molecule has 0 aromatic carbocycles. The fraction of sp³-hybridized carbons (Fsp3) is 0.538. The predicted octanol–water partition coefficient (Wildman–Crippen LogP) is 2.93. The Balaban J connectivity index is 2.40. The molecule has 0 aliphatic heterocycles. The topological polar surface area (TPSA) is 47.3 Å². The fourth-order valence-corrected chi connectivity index (χ4v) is 3.23. The summed E-state index contributed by atoms with van der Waals surface area (Å²) in [5.41, 5.74) is -0.913. The van der Waals surface area contributed by atoms with Crippen LogP contribution in [0, 0.1) is 12.3 Å². The van der Waals surface area contributed by atoms with Gasteiger partial charge >= 0.3 is 0 Å². The SMILES string of the molecule is CSC(=O)[C@@]1(C)C(=O)CCC1c1ccc(C)o1. The summed E-state index contributed by atoms with van der Waals surface area (Å²) in [5.74, 6) is 1.51. The number of thioether (sulfide) groups is 1. The first kappa shape index (κ1) is 12.4. The Labute approximate surface area is 105 Å². The molecule has 1 heterocycles. The van der Waals surface area contributed by atoms with Crippen LogP contribution in [0.1, 0.15) is 37.2 Å². The summed E-state index contributed by atoms with van der Waals surface area (Å²) in [5, 5.41) is -0.0564. The molecule has 0 spiro atoms. The van der Waals surface area contributed by atoms with Gasteiger partial charge in [0.05, 0.1) is 0 Å². The number of hydrogen-bond donors (Lipinski definition) is 0. The maximum atomic E-state index is 12.0. The number of carbonyl (C=O) groups is 2. The third kappa shape index (κ3) is 1.84. The van der Waals surface area contributed by atoms with Crippen LogP contribution in [0.5, 0.6) is 0 Å². The van der Waals surface area contributed by atoms with Gasteiger partial charge in [-0.25, -0.2) is 0 Å². The summed E-state index contributed by atoms with van der Waals surface area (Å²) in [4.78, 5) is 24.0. The number of carbonyl (C=O) groups excluding carboxylic acids is 2. The molecule has 1 aromatic rings. The molecule has 0 radical (unpaired) electrons. The van der Waals surface area contributed by atoms with Gasteiger partial charge in [0.2, 0.25) is 5.12 Å². The Morgan fingerprint density at radius 2 is 2.24 bits per heavy atom. The first-order valence-corrected chi connectivity index (χ1v) is 6.90. The van der Waals surface area contributed by atoms with E-state index in [9.17, 15) is 9.59 Å². The zero-order valence-corrected chi connectivity index (χ0v) is 11.1. The van der Waals surface area contributed by atoms with Crippen molar-refractivity contribution < 1.29 is 14.0 Å². The smallest absolute Gasteiger partial charge is 0.202 e. The Morgan fingerprint density at radius 3 is 2.76 bits per heavy atom. The molecule has 2 atom stereocenters. The average Bonchev–Trinajstić information content (AvgIpc) is 2.84.